The van der Waals surface area contributed by atoms with Gasteiger partial charge in [-0.15, -0.1) is 0 Å². The molecule has 7 nitrogen and oxygen atoms in total. The molecule has 4 aromatic carbocycles. The highest BCUT2D eigenvalue weighted by atomic mass is 79.9. The van der Waals surface area contributed by atoms with E-state index in [0.717, 1.165) is 32.7 Å². The number of rotatable bonds is 14. The van der Waals surface area contributed by atoms with Crippen molar-refractivity contribution in [2.45, 2.75) is 43.7 Å². The second kappa shape index (κ2) is 15.9. The van der Waals surface area contributed by atoms with Gasteiger partial charge in [0.2, 0.25) is 11.8 Å². The molecule has 0 aromatic heterocycles. The van der Waals surface area contributed by atoms with Crippen molar-refractivity contribution in [1.82, 2.24) is 10.2 Å². The summed E-state index contributed by atoms with van der Waals surface area (Å²) in [6, 6.07) is 30.4. The van der Waals surface area contributed by atoms with Crippen molar-refractivity contribution in [3.63, 3.8) is 0 Å². The van der Waals surface area contributed by atoms with Crippen LogP contribution in [0, 0.1) is 0 Å². The molecule has 0 spiro atoms. The van der Waals surface area contributed by atoms with Gasteiger partial charge in [-0.3, -0.25) is 13.9 Å². The van der Waals surface area contributed by atoms with Gasteiger partial charge in [0.05, 0.1) is 10.6 Å². The topological polar surface area (TPSA) is 86.8 Å². The summed E-state index contributed by atoms with van der Waals surface area (Å²) in [5, 5.41) is 3.39. The first-order valence-electron chi connectivity index (χ1n) is 14.4. The van der Waals surface area contributed by atoms with Crippen LogP contribution in [0.15, 0.2) is 119 Å². The van der Waals surface area contributed by atoms with Crippen molar-refractivity contribution in [3.05, 3.63) is 130 Å². The monoisotopic (exact) mass is 695 g/mol. The van der Waals surface area contributed by atoms with E-state index < -0.39 is 28.5 Å². The number of halogens is 2. The van der Waals surface area contributed by atoms with Gasteiger partial charge in [0, 0.05) is 29.0 Å². The quantitative estimate of drug-likeness (QED) is 0.146. The van der Waals surface area contributed by atoms with Crippen LogP contribution in [-0.2, 0) is 32.6 Å². The Labute approximate surface area is 273 Å². The lowest BCUT2D eigenvalue weighted by molar-refractivity contribution is -0.140. The van der Waals surface area contributed by atoms with Crippen LogP contribution < -0.4 is 9.62 Å². The van der Waals surface area contributed by atoms with Crippen LogP contribution in [0.2, 0.25) is 5.02 Å². The van der Waals surface area contributed by atoms with Gasteiger partial charge in [0.25, 0.3) is 10.0 Å². The van der Waals surface area contributed by atoms with Crippen LogP contribution in [0.1, 0.15) is 30.9 Å². The first-order valence-corrected chi connectivity index (χ1v) is 17.0. The number of nitrogens with zero attached hydrogens (tertiary/aromatic N) is 2. The maximum Gasteiger partial charge on any atom is 0.264 e. The number of hydrogen-bond donors (Lipinski definition) is 1. The first kappa shape index (κ1) is 33.2. The average molecular weight is 697 g/mol. The molecule has 1 atom stereocenters. The molecule has 0 saturated heterocycles. The Balaban J connectivity index is 1.76. The number of benzene rings is 4. The van der Waals surface area contributed by atoms with Crippen molar-refractivity contribution >= 4 is 55.1 Å². The van der Waals surface area contributed by atoms with Gasteiger partial charge < -0.3 is 10.2 Å². The van der Waals surface area contributed by atoms with Gasteiger partial charge >= 0.3 is 0 Å². The van der Waals surface area contributed by atoms with Crippen molar-refractivity contribution < 1.29 is 18.0 Å². The third-order valence-corrected chi connectivity index (χ3v) is 9.66. The number of hydrogen-bond acceptors (Lipinski definition) is 4. The molecular weight excluding hydrogens is 662 g/mol. The van der Waals surface area contributed by atoms with Crippen LogP contribution in [0.25, 0.3) is 0 Å². The van der Waals surface area contributed by atoms with E-state index in [1.54, 1.807) is 30.3 Å². The summed E-state index contributed by atoms with van der Waals surface area (Å²) >= 11 is 9.49. The minimum absolute atomic E-state index is 0.00356. The molecule has 0 saturated carbocycles. The molecule has 0 aliphatic carbocycles. The van der Waals surface area contributed by atoms with E-state index in [4.69, 9.17) is 11.6 Å². The van der Waals surface area contributed by atoms with Crippen molar-refractivity contribution in [3.8, 4) is 0 Å². The lowest BCUT2D eigenvalue weighted by Gasteiger charge is -2.34. The third kappa shape index (κ3) is 8.94. The smallest absolute Gasteiger partial charge is 0.264 e. The molecule has 0 aliphatic rings. The van der Waals surface area contributed by atoms with Gasteiger partial charge in [-0.05, 0) is 66.1 Å². The molecule has 0 unspecified atom stereocenters. The Bertz CT molecular complexity index is 1620. The van der Waals surface area contributed by atoms with Gasteiger partial charge in [-0.1, -0.05) is 102 Å². The number of carbonyl (C=O) groups is 2. The number of nitrogens with one attached hydrogen (secondary N) is 1. The molecule has 4 rings (SSSR count). The van der Waals surface area contributed by atoms with E-state index in [9.17, 15) is 18.0 Å². The molecule has 10 heteroatoms. The molecule has 44 heavy (non-hydrogen) atoms. The van der Waals surface area contributed by atoms with Crippen LogP contribution in [0.5, 0.6) is 0 Å². The Morgan fingerprint density at radius 2 is 1.45 bits per heavy atom. The SMILES string of the molecule is CCCCNC(=O)[C@H](Cc1ccccc1)N(Cc1ccc(Br)cc1)C(=O)CN(c1ccccc1)S(=O)(=O)c1ccc(Cl)cc1. The number of unbranched alkanes of at least 4 members (excludes halogenated alkanes) is 1. The van der Waals surface area contributed by atoms with E-state index in [0.29, 0.717) is 17.3 Å². The minimum Gasteiger partial charge on any atom is -0.354 e. The fourth-order valence-corrected chi connectivity index (χ4v) is 6.51. The lowest BCUT2D eigenvalue weighted by atomic mass is 10.0. The molecule has 0 heterocycles. The molecular formula is C34H35BrClN3O4S. The summed E-state index contributed by atoms with van der Waals surface area (Å²) in [5.41, 5.74) is 2.00. The van der Waals surface area contributed by atoms with E-state index in [-0.39, 0.29) is 23.8 Å². The summed E-state index contributed by atoms with van der Waals surface area (Å²) in [7, 11) is -4.18. The molecule has 230 valence electrons. The van der Waals surface area contributed by atoms with Crippen LogP contribution >= 0.6 is 27.5 Å². The van der Waals surface area contributed by atoms with Gasteiger partial charge in [-0.2, -0.15) is 0 Å². The fraction of sp³-hybridized carbons (Fsp3) is 0.235. The predicted octanol–water partition coefficient (Wildman–Crippen LogP) is 6.85. The molecule has 0 aliphatic heterocycles. The van der Waals surface area contributed by atoms with Crippen molar-refractivity contribution in [1.29, 1.82) is 0 Å². The normalized spacial score (nSPS) is 11.9. The van der Waals surface area contributed by atoms with Gasteiger partial charge in [0.15, 0.2) is 0 Å². The largest absolute Gasteiger partial charge is 0.354 e. The molecule has 0 bridgehead atoms. The summed E-state index contributed by atoms with van der Waals surface area (Å²) in [4.78, 5) is 29.7. The molecule has 0 radical (unpaired) electrons. The Morgan fingerprint density at radius 1 is 0.841 bits per heavy atom. The van der Waals surface area contributed by atoms with Crippen LogP contribution in [0.3, 0.4) is 0 Å². The first-order chi connectivity index (χ1) is 21.2. The minimum atomic E-state index is -4.18. The zero-order chi connectivity index (χ0) is 31.5. The standard InChI is InChI=1S/C34H35BrClN3O4S/c1-2-3-22-37-34(41)32(23-26-10-6-4-7-11-26)38(24-27-14-16-28(35)17-15-27)33(40)25-39(30-12-8-5-9-13-30)44(42,43)31-20-18-29(36)19-21-31/h4-21,32H,2-3,22-25H2,1H3,(H,37,41)/t32-/m0/s1. The molecule has 1 N–H and O–H groups in total. The number of amides is 2. The number of sulfonamides is 1. The van der Waals surface area contributed by atoms with E-state index in [1.807, 2.05) is 61.5 Å². The van der Waals surface area contributed by atoms with Gasteiger partial charge in [-0.25, -0.2) is 8.42 Å². The summed E-state index contributed by atoms with van der Waals surface area (Å²) in [6.07, 6.45) is 1.96. The highest BCUT2D eigenvalue weighted by Crippen LogP contribution is 2.26. The average Bonchev–Trinajstić information content (AvgIpc) is 3.03. The summed E-state index contributed by atoms with van der Waals surface area (Å²) in [6.45, 7) is 2.10. The molecule has 0 fully saturated rings. The van der Waals surface area contributed by atoms with E-state index >= 15 is 0 Å². The molecule has 2 amide bonds. The third-order valence-electron chi connectivity index (χ3n) is 7.09. The summed E-state index contributed by atoms with van der Waals surface area (Å²) < 4.78 is 30.0. The summed E-state index contributed by atoms with van der Waals surface area (Å²) in [5.74, 6) is -0.805. The number of anilines is 1. The van der Waals surface area contributed by atoms with E-state index in [1.165, 1.54) is 29.2 Å². The second-order valence-corrected chi connectivity index (χ2v) is 13.5. The molecule has 4 aromatic rings. The Kier molecular flexibility index (Phi) is 12.0. The van der Waals surface area contributed by atoms with Crippen molar-refractivity contribution in [2.24, 2.45) is 0 Å². The van der Waals surface area contributed by atoms with E-state index in [2.05, 4.69) is 21.2 Å². The zero-order valence-corrected chi connectivity index (χ0v) is 27.6. The highest BCUT2D eigenvalue weighted by molar-refractivity contribution is 9.10. The maximum atomic E-state index is 14.4. The lowest BCUT2D eigenvalue weighted by Crippen LogP contribution is -2.53. The van der Waals surface area contributed by atoms with Crippen LogP contribution in [0.4, 0.5) is 5.69 Å². The predicted molar refractivity (Wildman–Crippen MR) is 179 cm³/mol. The fourth-order valence-electron chi connectivity index (χ4n) is 4.70. The van der Waals surface area contributed by atoms with Gasteiger partial charge in [0.1, 0.15) is 12.6 Å². The number of para-hydroxylation sites is 1. The second-order valence-electron chi connectivity index (χ2n) is 10.3. The number of carbonyl (C=O) groups excluding carboxylic acids is 2. The van der Waals surface area contributed by atoms with Crippen molar-refractivity contribution in [2.75, 3.05) is 17.4 Å². The maximum absolute atomic E-state index is 14.4. The zero-order valence-electron chi connectivity index (χ0n) is 24.4. The Morgan fingerprint density at radius 3 is 2.07 bits per heavy atom. The van der Waals surface area contributed by atoms with Crippen LogP contribution in [-0.4, -0.2) is 44.3 Å². The Hall–Kier alpha value is -3.66. The highest BCUT2D eigenvalue weighted by Gasteiger charge is 2.34.